The molecule has 35 heavy (non-hydrogen) atoms. The van der Waals surface area contributed by atoms with E-state index in [1.807, 2.05) is 63.2 Å². The zero-order chi connectivity index (χ0) is 25.7. The number of carbonyl (C=O) groups is 1. The molecule has 2 aromatic carbocycles. The van der Waals surface area contributed by atoms with Gasteiger partial charge in [0, 0.05) is 41.8 Å². The first-order valence-corrected chi connectivity index (χ1v) is 12.3. The number of halogens is 1. The maximum Gasteiger partial charge on any atom is 0.344 e. The summed E-state index contributed by atoms with van der Waals surface area (Å²) in [6.45, 7) is 7.38. The number of fused-ring (bicyclic) bond motifs is 1. The minimum absolute atomic E-state index is 0.0190. The van der Waals surface area contributed by atoms with Gasteiger partial charge in [0.2, 0.25) is 0 Å². The van der Waals surface area contributed by atoms with Crippen molar-refractivity contribution >= 4 is 44.7 Å². The smallest absolute Gasteiger partial charge is 0.344 e. The van der Waals surface area contributed by atoms with Gasteiger partial charge >= 0.3 is 5.97 Å². The molecule has 1 atom stereocenters. The van der Waals surface area contributed by atoms with Crippen molar-refractivity contribution in [1.82, 2.24) is 9.66 Å². The standard InChI is InChI=1S/C26H31BrN4O4/c1-7-17(4)25-29-22-11-9-19(27)12-21(22)26(33)31(25)28-14-18-8-10-20(30(5)6)13-23(18)34-15-24(32)35-16(2)3/h8-14,16-17H,7,15H2,1-6H3/t17-/m0/s1. The Morgan fingerprint density at radius 1 is 1.20 bits per heavy atom. The van der Waals surface area contributed by atoms with E-state index in [1.165, 1.54) is 4.68 Å². The highest BCUT2D eigenvalue weighted by atomic mass is 79.9. The number of benzene rings is 2. The van der Waals surface area contributed by atoms with Crippen molar-refractivity contribution in [3.05, 3.63) is 62.6 Å². The van der Waals surface area contributed by atoms with E-state index in [1.54, 1.807) is 26.1 Å². The molecule has 0 saturated heterocycles. The van der Waals surface area contributed by atoms with Crippen LogP contribution >= 0.6 is 15.9 Å². The van der Waals surface area contributed by atoms with Crippen LogP contribution in [0.4, 0.5) is 5.69 Å². The maximum absolute atomic E-state index is 13.4. The molecule has 0 unspecified atom stereocenters. The monoisotopic (exact) mass is 542 g/mol. The fourth-order valence-electron chi connectivity index (χ4n) is 3.37. The Bertz CT molecular complexity index is 1300. The predicted octanol–water partition coefficient (Wildman–Crippen LogP) is 4.95. The summed E-state index contributed by atoms with van der Waals surface area (Å²) in [7, 11) is 3.83. The van der Waals surface area contributed by atoms with Crippen molar-refractivity contribution in [2.45, 2.75) is 46.1 Å². The summed E-state index contributed by atoms with van der Waals surface area (Å²) < 4.78 is 13.1. The van der Waals surface area contributed by atoms with Gasteiger partial charge in [0.15, 0.2) is 6.61 Å². The van der Waals surface area contributed by atoms with E-state index in [4.69, 9.17) is 14.5 Å². The van der Waals surface area contributed by atoms with Crippen LogP contribution in [0.25, 0.3) is 10.9 Å². The zero-order valence-corrected chi connectivity index (χ0v) is 22.5. The first kappa shape index (κ1) is 26.4. The number of nitrogens with zero attached hydrogens (tertiary/aromatic N) is 4. The van der Waals surface area contributed by atoms with Gasteiger partial charge in [-0.2, -0.15) is 9.78 Å². The van der Waals surface area contributed by atoms with Crippen LogP contribution in [-0.2, 0) is 9.53 Å². The molecule has 3 aromatic rings. The highest BCUT2D eigenvalue weighted by Gasteiger charge is 2.16. The largest absolute Gasteiger partial charge is 0.481 e. The van der Waals surface area contributed by atoms with E-state index in [-0.39, 0.29) is 24.2 Å². The van der Waals surface area contributed by atoms with E-state index in [0.29, 0.717) is 28.0 Å². The number of hydrogen-bond donors (Lipinski definition) is 0. The third-order valence-electron chi connectivity index (χ3n) is 5.43. The second kappa shape index (κ2) is 11.5. The van der Waals surface area contributed by atoms with E-state index >= 15 is 0 Å². The van der Waals surface area contributed by atoms with Gasteiger partial charge in [0.05, 0.1) is 23.2 Å². The first-order valence-electron chi connectivity index (χ1n) is 11.5. The molecule has 0 radical (unpaired) electrons. The molecule has 0 aliphatic heterocycles. The number of carbonyl (C=O) groups excluding carboxylic acids is 1. The molecule has 0 aliphatic carbocycles. The van der Waals surface area contributed by atoms with Gasteiger partial charge in [-0.15, -0.1) is 0 Å². The third kappa shape index (κ3) is 6.48. The summed E-state index contributed by atoms with van der Waals surface area (Å²) in [5.74, 6) is 0.593. The first-order chi connectivity index (χ1) is 16.6. The molecule has 0 N–H and O–H groups in total. The fourth-order valence-corrected chi connectivity index (χ4v) is 3.73. The molecule has 3 rings (SSSR count). The Labute approximate surface area is 213 Å². The van der Waals surface area contributed by atoms with Crippen LogP contribution in [0.15, 0.2) is 50.8 Å². The van der Waals surface area contributed by atoms with Crippen molar-refractivity contribution in [1.29, 1.82) is 0 Å². The molecular weight excluding hydrogens is 512 g/mol. The lowest BCUT2D eigenvalue weighted by atomic mass is 10.1. The second-order valence-corrected chi connectivity index (χ2v) is 9.66. The number of aromatic nitrogens is 2. The molecule has 1 aromatic heterocycles. The summed E-state index contributed by atoms with van der Waals surface area (Å²) in [6.07, 6.45) is 2.13. The molecule has 0 amide bonds. The fraction of sp³-hybridized carbons (Fsp3) is 0.385. The molecule has 0 bridgehead atoms. The number of ether oxygens (including phenoxy) is 2. The molecular formula is C26H31BrN4O4. The van der Waals surface area contributed by atoms with Gasteiger partial charge in [0.25, 0.3) is 5.56 Å². The van der Waals surface area contributed by atoms with Gasteiger partial charge in [-0.05, 0) is 50.6 Å². The van der Waals surface area contributed by atoms with Crippen LogP contribution in [0.2, 0.25) is 0 Å². The maximum atomic E-state index is 13.4. The molecule has 8 nitrogen and oxygen atoms in total. The van der Waals surface area contributed by atoms with Crippen molar-refractivity contribution in [2.75, 3.05) is 25.6 Å². The summed E-state index contributed by atoms with van der Waals surface area (Å²) in [5.41, 5.74) is 1.88. The van der Waals surface area contributed by atoms with Crippen LogP contribution in [0, 0.1) is 0 Å². The summed E-state index contributed by atoms with van der Waals surface area (Å²) in [4.78, 5) is 32.1. The van der Waals surface area contributed by atoms with Crippen LogP contribution in [-0.4, -0.2) is 48.7 Å². The Morgan fingerprint density at radius 3 is 2.60 bits per heavy atom. The lowest BCUT2D eigenvalue weighted by molar-refractivity contribution is -0.149. The number of esters is 1. The Balaban J connectivity index is 2.06. The van der Waals surface area contributed by atoms with Crippen molar-refractivity contribution in [2.24, 2.45) is 5.10 Å². The Morgan fingerprint density at radius 2 is 1.94 bits per heavy atom. The number of anilines is 1. The van der Waals surface area contributed by atoms with Crippen LogP contribution in [0.5, 0.6) is 5.75 Å². The molecule has 0 saturated carbocycles. The Hall–Kier alpha value is -3.20. The van der Waals surface area contributed by atoms with Crippen LogP contribution in [0.3, 0.4) is 0 Å². The topological polar surface area (TPSA) is 86.0 Å². The van der Waals surface area contributed by atoms with Gasteiger partial charge < -0.3 is 14.4 Å². The van der Waals surface area contributed by atoms with Gasteiger partial charge in [-0.25, -0.2) is 9.78 Å². The lowest BCUT2D eigenvalue weighted by Gasteiger charge is -2.17. The second-order valence-electron chi connectivity index (χ2n) is 8.75. The summed E-state index contributed by atoms with van der Waals surface area (Å²) in [6, 6.07) is 11.0. The summed E-state index contributed by atoms with van der Waals surface area (Å²) in [5, 5.41) is 5.00. The average Bonchev–Trinajstić information content (AvgIpc) is 2.81. The SMILES string of the molecule is CC[C@H](C)c1nc2ccc(Br)cc2c(=O)n1N=Cc1ccc(N(C)C)cc1OCC(=O)OC(C)C. The molecule has 9 heteroatoms. The van der Waals surface area contributed by atoms with E-state index in [0.717, 1.165) is 16.6 Å². The molecule has 0 spiro atoms. The normalized spacial score (nSPS) is 12.3. The quantitative estimate of drug-likeness (QED) is 0.281. The number of rotatable bonds is 9. The van der Waals surface area contributed by atoms with E-state index in [2.05, 4.69) is 21.0 Å². The third-order valence-corrected chi connectivity index (χ3v) is 5.92. The van der Waals surface area contributed by atoms with Gasteiger partial charge in [0.1, 0.15) is 11.6 Å². The van der Waals surface area contributed by atoms with E-state index < -0.39 is 5.97 Å². The molecule has 0 fully saturated rings. The van der Waals surface area contributed by atoms with Crippen molar-refractivity contribution in [3.63, 3.8) is 0 Å². The Kier molecular flexibility index (Phi) is 8.67. The van der Waals surface area contributed by atoms with Crippen LogP contribution < -0.4 is 15.2 Å². The molecule has 1 heterocycles. The van der Waals surface area contributed by atoms with Gasteiger partial charge in [-0.1, -0.05) is 29.8 Å². The lowest BCUT2D eigenvalue weighted by Crippen LogP contribution is -2.24. The predicted molar refractivity (Wildman–Crippen MR) is 143 cm³/mol. The molecule has 0 aliphatic rings. The van der Waals surface area contributed by atoms with Gasteiger partial charge in [-0.3, -0.25) is 4.79 Å². The van der Waals surface area contributed by atoms with Crippen LogP contribution in [0.1, 0.15) is 51.4 Å². The minimum Gasteiger partial charge on any atom is -0.481 e. The highest BCUT2D eigenvalue weighted by molar-refractivity contribution is 9.10. The summed E-state index contributed by atoms with van der Waals surface area (Å²) >= 11 is 3.43. The molecule has 186 valence electrons. The average molecular weight is 543 g/mol. The zero-order valence-electron chi connectivity index (χ0n) is 20.9. The van der Waals surface area contributed by atoms with Crippen molar-refractivity contribution in [3.8, 4) is 5.75 Å². The van der Waals surface area contributed by atoms with Crippen molar-refractivity contribution < 1.29 is 14.3 Å². The minimum atomic E-state index is -0.460. The highest BCUT2D eigenvalue weighted by Crippen LogP contribution is 2.25. The van der Waals surface area contributed by atoms with E-state index in [9.17, 15) is 9.59 Å². The number of hydrogen-bond acceptors (Lipinski definition) is 7.